The van der Waals surface area contributed by atoms with Crippen LogP contribution < -0.4 is 5.32 Å². The highest BCUT2D eigenvalue weighted by atomic mass is 32.2. The van der Waals surface area contributed by atoms with Crippen molar-refractivity contribution in [3.63, 3.8) is 0 Å². The van der Waals surface area contributed by atoms with Crippen LogP contribution in [0.25, 0.3) is 0 Å². The summed E-state index contributed by atoms with van der Waals surface area (Å²) in [4.78, 5) is 22.8. The van der Waals surface area contributed by atoms with Crippen LogP contribution in [-0.4, -0.2) is 23.7 Å². The normalized spacial score (nSPS) is 20.2. The second kappa shape index (κ2) is 3.41. The first-order valence-electron chi connectivity index (χ1n) is 3.76. The molecule has 0 aromatic carbocycles. The van der Waals surface area contributed by atoms with Crippen LogP contribution in [-0.2, 0) is 14.3 Å². The maximum atomic E-state index is 11.2. The van der Waals surface area contributed by atoms with Gasteiger partial charge in [0.25, 0.3) is 0 Å². The van der Waals surface area contributed by atoms with Crippen molar-refractivity contribution < 1.29 is 14.3 Å². The molecule has 72 valence electrons. The molecule has 0 aliphatic carbocycles. The van der Waals surface area contributed by atoms with Gasteiger partial charge in [-0.3, -0.25) is 4.79 Å². The number of carbonyl (C=O) groups is 2. The number of hydrogen-bond acceptors (Lipinski definition) is 4. The molecule has 0 bridgehead atoms. The fraction of sp³-hybridized carbons (Fsp3) is 0.500. The summed E-state index contributed by atoms with van der Waals surface area (Å²) in [5.74, 6) is -0.525. The molecule has 1 amide bonds. The largest absolute Gasteiger partial charge is 0.465 e. The highest BCUT2D eigenvalue weighted by molar-refractivity contribution is 8.06. The highest BCUT2D eigenvalue weighted by Crippen LogP contribution is 2.34. The van der Waals surface area contributed by atoms with Gasteiger partial charge in [0, 0.05) is 6.20 Å². The molecule has 0 saturated carbocycles. The van der Waals surface area contributed by atoms with Gasteiger partial charge in [0.2, 0.25) is 5.91 Å². The van der Waals surface area contributed by atoms with Crippen molar-refractivity contribution in [1.29, 1.82) is 0 Å². The Morgan fingerprint density at radius 3 is 2.69 bits per heavy atom. The SMILES string of the molecule is COC(=O)C1=CNC(=O)C(C)(C)S1. The van der Waals surface area contributed by atoms with Gasteiger partial charge in [0.15, 0.2) is 0 Å². The Bertz CT molecular complexity index is 283. The van der Waals surface area contributed by atoms with Crippen LogP contribution in [0.3, 0.4) is 0 Å². The average Bonchev–Trinajstić information content (AvgIpc) is 2.08. The molecule has 1 aliphatic rings. The molecule has 1 aliphatic heterocycles. The fourth-order valence-corrected chi connectivity index (χ4v) is 1.84. The van der Waals surface area contributed by atoms with E-state index in [0.717, 1.165) is 0 Å². The van der Waals surface area contributed by atoms with E-state index >= 15 is 0 Å². The molecule has 0 unspecified atom stereocenters. The summed E-state index contributed by atoms with van der Waals surface area (Å²) in [7, 11) is 1.31. The maximum absolute atomic E-state index is 11.2. The first-order valence-corrected chi connectivity index (χ1v) is 4.57. The number of hydrogen-bond donors (Lipinski definition) is 1. The molecule has 0 atom stereocenters. The molecule has 5 heteroatoms. The minimum atomic E-state index is -0.613. The third-order valence-electron chi connectivity index (χ3n) is 1.63. The molecule has 0 aromatic rings. The molecule has 0 radical (unpaired) electrons. The van der Waals surface area contributed by atoms with Crippen molar-refractivity contribution in [3.05, 3.63) is 11.1 Å². The number of ether oxygens (including phenoxy) is 1. The zero-order valence-corrected chi connectivity index (χ0v) is 8.53. The molecule has 0 fully saturated rings. The summed E-state index contributed by atoms with van der Waals surface area (Å²) in [6, 6.07) is 0. The van der Waals surface area contributed by atoms with Gasteiger partial charge in [-0.15, -0.1) is 11.8 Å². The Morgan fingerprint density at radius 1 is 1.62 bits per heavy atom. The zero-order chi connectivity index (χ0) is 10.1. The van der Waals surface area contributed by atoms with Gasteiger partial charge in [-0.05, 0) is 13.8 Å². The van der Waals surface area contributed by atoms with E-state index < -0.39 is 10.7 Å². The quantitative estimate of drug-likeness (QED) is 0.633. The second-order valence-corrected chi connectivity index (χ2v) is 4.75. The maximum Gasteiger partial charge on any atom is 0.345 e. The predicted octanol–water partition coefficient (Wildman–Crippen LogP) is 0.642. The van der Waals surface area contributed by atoms with E-state index in [1.807, 2.05) is 0 Å². The fourth-order valence-electron chi connectivity index (χ4n) is 0.857. The van der Waals surface area contributed by atoms with Crippen molar-refractivity contribution in [2.24, 2.45) is 0 Å². The van der Waals surface area contributed by atoms with E-state index in [1.165, 1.54) is 25.1 Å². The topological polar surface area (TPSA) is 55.4 Å². The molecule has 4 nitrogen and oxygen atoms in total. The van der Waals surface area contributed by atoms with Crippen molar-refractivity contribution in [2.45, 2.75) is 18.6 Å². The van der Waals surface area contributed by atoms with Gasteiger partial charge in [0.05, 0.1) is 11.9 Å². The van der Waals surface area contributed by atoms with E-state index in [-0.39, 0.29) is 5.91 Å². The Balaban J connectivity index is 2.83. The van der Waals surface area contributed by atoms with Gasteiger partial charge in [-0.25, -0.2) is 4.79 Å². The third-order valence-corrected chi connectivity index (χ3v) is 2.83. The summed E-state index contributed by atoms with van der Waals surface area (Å²) in [5.41, 5.74) is 0. The van der Waals surface area contributed by atoms with Gasteiger partial charge >= 0.3 is 5.97 Å². The minimum absolute atomic E-state index is 0.106. The van der Waals surface area contributed by atoms with Crippen molar-refractivity contribution in [1.82, 2.24) is 5.32 Å². The van der Waals surface area contributed by atoms with E-state index in [0.29, 0.717) is 4.91 Å². The number of carbonyl (C=O) groups excluding carboxylic acids is 2. The molecule has 13 heavy (non-hydrogen) atoms. The first kappa shape index (κ1) is 10.1. The minimum Gasteiger partial charge on any atom is -0.465 e. The lowest BCUT2D eigenvalue weighted by atomic mass is 10.2. The molecule has 1 heterocycles. The van der Waals surface area contributed by atoms with Crippen LogP contribution in [0.5, 0.6) is 0 Å². The van der Waals surface area contributed by atoms with Gasteiger partial charge in [0.1, 0.15) is 4.91 Å². The van der Waals surface area contributed by atoms with Crippen molar-refractivity contribution in [3.8, 4) is 0 Å². The highest BCUT2D eigenvalue weighted by Gasteiger charge is 2.34. The Hall–Kier alpha value is -0.970. The Morgan fingerprint density at radius 2 is 2.23 bits per heavy atom. The van der Waals surface area contributed by atoms with Gasteiger partial charge in [-0.2, -0.15) is 0 Å². The lowest BCUT2D eigenvalue weighted by Crippen LogP contribution is -2.41. The summed E-state index contributed by atoms with van der Waals surface area (Å²) < 4.78 is 3.93. The summed E-state index contributed by atoms with van der Waals surface area (Å²) in [6.07, 6.45) is 1.38. The van der Waals surface area contributed by atoms with Gasteiger partial charge < -0.3 is 10.1 Å². The van der Waals surface area contributed by atoms with E-state index in [1.54, 1.807) is 13.8 Å². The third kappa shape index (κ3) is 2.03. The molecule has 0 saturated heterocycles. The summed E-state index contributed by atoms with van der Waals surface area (Å²) in [5, 5.41) is 2.51. The number of methoxy groups -OCH3 is 1. The van der Waals surface area contributed by atoms with Crippen LogP contribution in [0.4, 0.5) is 0 Å². The van der Waals surface area contributed by atoms with Crippen LogP contribution >= 0.6 is 11.8 Å². The monoisotopic (exact) mass is 201 g/mol. The summed E-state index contributed by atoms with van der Waals surface area (Å²) >= 11 is 1.20. The van der Waals surface area contributed by atoms with Crippen molar-refractivity contribution in [2.75, 3.05) is 7.11 Å². The standard InChI is InChI=1S/C8H11NO3S/c1-8(2)7(11)9-4-5(13-8)6(10)12-3/h4H,1-3H3,(H,9,11). The molecular formula is C8H11NO3S. The summed E-state index contributed by atoms with van der Waals surface area (Å²) in [6.45, 7) is 3.51. The number of nitrogens with one attached hydrogen (secondary N) is 1. The van der Waals surface area contributed by atoms with E-state index in [2.05, 4.69) is 10.1 Å². The Kier molecular flexibility index (Phi) is 2.66. The molecule has 1 rings (SSSR count). The lowest BCUT2D eigenvalue weighted by molar-refractivity contribution is -0.135. The molecule has 0 aromatic heterocycles. The molecule has 0 spiro atoms. The van der Waals surface area contributed by atoms with E-state index in [4.69, 9.17) is 0 Å². The van der Waals surface area contributed by atoms with Crippen LogP contribution in [0.1, 0.15) is 13.8 Å². The number of esters is 1. The Labute approximate surface area is 80.7 Å². The smallest absolute Gasteiger partial charge is 0.345 e. The zero-order valence-electron chi connectivity index (χ0n) is 7.71. The second-order valence-electron chi connectivity index (χ2n) is 3.09. The van der Waals surface area contributed by atoms with Crippen molar-refractivity contribution >= 4 is 23.6 Å². The predicted molar refractivity (Wildman–Crippen MR) is 49.9 cm³/mol. The van der Waals surface area contributed by atoms with E-state index in [9.17, 15) is 9.59 Å². The van der Waals surface area contributed by atoms with Crippen LogP contribution in [0, 0.1) is 0 Å². The average molecular weight is 201 g/mol. The van der Waals surface area contributed by atoms with Crippen LogP contribution in [0.15, 0.2) is 11.1 Å². The van der Waals surface area contributed by atoms with Crippen LogP contribution in [0.2, 0.25) is 0 Å². The number of amides is 1. The van der Waals surface area contributed by atoms with Gasteiger partial charge in [-0.1, -0.05) is 0 Å². The number of rotatable bonds is 1. The number of thioether (sulfide) groups is 1. The first-order chi connectivity index (χ1) is 5.97. The molecule has 1 N–H and O–H groups in total. The molecular weight excluding hydrogens is 190 g/mol. The lowest BCUT2D eigenvalue weighted by Gasteiger charge is -2.26.